The molecular formula is C26H17Cl2NO4S. The first kappa shape index (κ1) is 22.6. The van der Waals surface area contributed by atoms with E-state index in [2.05, 4.69) is 0 Å². The van der Waals surface area contributed by atoms with Gasteiger partial charge in [0.15, 0.2) is 0 Å². The predicted octanol–water partition coefficient (Wildman–Crippen LogP) is 7.52. The molecule has 1 saturated heterocycles. The zero-order valence-corrected chi connectivity index (χ0v) is 20.0. The van der Waals surface area contributed by atoms with E-state index in [9.17, 15) is 9.59 Å². The van der Waals surface area contributed by atoms with Gasteiger partial charge in [0, 0.05) is 27.1 Å². The summed E-state index contributed by atoms with van der Waals surface area (Å²) < 4.78 is 11.7. The highest BCUT2D eigenvalue weighted by molar-refractivity contribution is 8.18. The lowest BCUT2D eigenvalue weighted by Crippen LogP contribution is -2.32. The Labute approximate surface area is 209 Å². The highest BCUT2D eigenvalue weighted by Crippen LogP contribution is 2.34. The first-order chi connectivity index (χ1) is 16.5. The maximum Gasteiger partial charge on any atom is 0.293 e. The number of halogens is 2. The maximum absolute atomic E-state index is 12.8. The van der Waals surface area contributed by atoms with E-state index in [1.807, 2.05) is 42.5 Å². The summed E-state index contributed by atoms with van der Waals surface area (Å²) in [5.41, 5.74) is 0.718. The molecular weight excluding hydrogens is 493 g/mol. The second-order valence-electron chi connectivity index (χ2n) is 7.52. The fraction of sp³-hybridized carbons (Fsp3) is 0.0769. The molecule has 1 fully saturated rings. The first-order valence-electron chi connectivity index (χ1n) is 10.4. The Kier molecular flexibility index (Phi) is 6.37. The Hall–Kier alpha value is -3.19. The van der Waals surface area contributed by atoms with Gasteiger partial charge in [0.2, 0.25) is 0 Å². The Balaban J connectivity index is 1.26. The number of benzene rings is 3. The second kappa shape index (κ2) is 9.58. The molecule has 0 atom stereocenters. The SMILES string of the molecule is O=C1S/C(=C\c2ccc(-c3cc(Cl)cc(Cl)c3)o2)C(=O)N1CCOc1cccc2ccccc12. The minimum Gasteiger partial charge on any atom is -0.491 e. The smallest absolute Gasteiger partial charge is 0.293 e. The number of fused-ring (bicyclic) bond motifs is 1. The standard InChI is InChI=1S/C26H17Cl2NO4S/c27-18-12-17(13-19(28)14-18)22-9-8-20(33-22)15-24-25(30)29(26(31)34-24)10-11-32-23-7-3-5-16-4-1-2-6-21(16)23/h1-9,12-15H,10-11H2/b24-15-. The molecule has 3 aromatic carbocycles. The van der Waals surface area contributed by atoms with E-state index in [1.54, 1.807) is 36.4 Å². The van der Waals surface area contributed by atoms with Crippen molar-refractivity contribution in [1.29, 1.82) is 0 Å². The number of carbonyl (C=O) groups is 2. The molecule has 0 unspecified atom stereocenters. The van der Waals surface area contributed by atoms with Gasteiger partial charge in [-0.3, -0.25) is 14.5 Å². The number of thioether (sulfide) groups is 1. The number of amides is 2. The van der Waals surface area contributed by atoms with Crippen molar-refractivity contribution in [3.63, 3.8) is 0 Å². The number of furan rings is 1. The van der Waals surface area contributed by atoms with E-state index < -0.39 is 0 Å². The Bertz CT molecular complexity index is 1420. The molecule has 5 rings (SSSR count). The lowest BCUT2D eigenvalue weighted by molar-refractivity contribution is -0.123. The topological polar surface area (TPSA) is 59.8 Å². The molecule has 4 aromatic rings. The monoisotopic (exact) mass is 509 g/mol. The molecule has 0 spiro atoms. The van der Waals surface area contributed by atoms with Gasteiger partial charge in [-0.15, -0.1) is 0 Å². The normalized spacial score (nSPS) is 15.0. The first-order valence-corrected chi connectivity index (χ1v) is 12.0. The summed E-state index contributed by atoms with van der Waals surface area (Å²) in [5, 5.41) is 2.69. The number of ether oxygens (including phenoxy) is 1. The highest BCUT2D eigenvalue weighted by Gasteiger charge is 2.35. The average molecular weight is 510 g/mol. The van der Waals surface area contributed by atoms with Crippen LogP contribution in [0.15, 0.2) is 82.1 Å². The van der Waals surface area contributed by atoms with Gasteiger partial charge in [-0.1, -0.05) is 59.6 Å². The van der Waals surface area contributed by atoms with E-state index in [0.717, 1.165) is 28.1 Å². The van der Waals surface area contributed by atoms with Crippen LogP contribution in [0.4, 0.5) is 4.79 Å². The second-order valence-corrected chi connectivity index (χ2v) is 9.39. The van der Waals surface area contributed by atoms with Gasteiger partial charge in [-0.05, 0) is 53.5 Å². The van der Waals surface area contributed by atoms with Crippen molar-refractivity contribution in [3.8, 4) is 17.1 Å². The van der Waals surface area contributed by atoms with Crippen LogP contribution in [0.25, 0.3) is 28.2 Å². The molecule has 1 aliphatic heterocycles. The molecule has 5 nitrogen and oxygen atoms in total. The van der Waals surface area contributed by atoms with Crippen LogP contribution in [0, 0.1) is 0 Å². The molecule has 34 heavy (non-hydrogen) atoms. The van der Waals surface area contributed by atoms with E-state index in [-0.39, 0.29) is 24.3 Å². The lowest BCUT2D eigenvalue weighted by atomic mass is 10.1. The fourth-order valence-electron chi connectivity index (χ4n) is 3.67. The number of imide groups is 1. The van der Waals surface area contributed by atoms with Crippen molar-refractivity contribution < 1.29 is 18.7 Å². The summed E-state index contributed by atoms with van der Waals surface area (Å²) >= 11 is 13.0. The number of rotatable bonds is 6. The van der Waals surface area contributed by atoms with E-state index in [0.29, 0.717) is 32.2 Å². The van der Waals surface area contributed by atoms with E-state index >= 15 is 0 Å². The third kappa shape index (κ3) is 4.71. The van der Waals surface area contributed by atoms with Gasteiger partial charge in [-0.2, -0.15) is 0 Å². The molecule has 1 aliphatic rings. The third-order valence-corrected chi connectivity index (χ3v) is 6.59. The zero-order chi connectivity index (χ0) is 23.7. The van der Waals surface area contributed by atoms with Gasteiger partial charge in [0.05, 0.1) is 11.4 Å². The van der Waals surface area contributed by atoms with Crippen LogP contribution < -0.4 is 4.74 Å². The molecule has 1 aromatic heterocycles. The Morgan fingerprint density at radius 2 is 1.71 bits per heavy atom. The maximum atomic E-state index is 12.8. The van der Waals surface area contributed by atoms with Crippen molar-refractivity contribution in [2.24, 2.45) is 0 Å². The third-order valence-electron chi connectivity index (χ3n) is 5.24. The van der Waals surface area contributed by atoms with Gasteiger partial charge < -0.3 is 9.15 Å². The minimum atomic E-state index is -0.375. The van der Waals surface area contributed by atoms with Crippen LogP contribution >= 0.6 is 35.0 Å². The van der Waals surface area contributed by atoms with Crippen molar-refractivity contribution in [2.75, 3.05) is 13.2 Å². The van der Waals surface area contributed by atoms with Crippen LogP contribution in [-0.2, 0) is 4.79 Å². The highest BCUT2D eigenvalue weighted by atomic mass is 35.5. The van der Waals surface area contributed by atoms with Gasteiger partial charge in [0.1, 0.15) is 23.9 Å². The summed E-state index contributed by atoms with van der Waals surface area (Å²) in [6, 6.07) is 22.3. The molecule has 0 aliphatic carbocycles. The number of nitrogens with zero attached hydrogens (tertiary/aromatic N) is 1. The van der Waals surface area contributed by atoms with Crippen molar-refractivity contribution >= 4 is 63.0 Å². The van der Waals surface area contributed by atoms with Gasteiger partial charge in [0.25, 0.3) is 11.1 Å². The van der Waals surface area contributed by atoms with E-state index in [4.69, 9.17) is 32.4 Å². The van der Waals surface area contributed by atoms with Crippen LogP contribution in [-0.4, -0.2) is 29.2 Å². The zero-order valence-electron chi connectivity index (χ0n) is 17.7. The molecule has 8 heteroatoms. The molecule has 0 saturated carbocycles. The number of hydrogen-bond donors (Lipinski definition) is 0. The quantitative estimate of drug-likeness (QED) is 0.251. The largest absolute Gasteiger partial charge is 0.491 e. The molecule has 2 heterocycles. The van der Waals surface area contributed by atoms with E-state index in [1.165, 1.54) is 4.90 Å². The molecule has 0 bridgehead atoms. The molecule has 0 radical (unpaired) electrons. The van der Waals surface area contributed by atoms with Crippen molar-refractivity contribution in [2.45, 2.75) is 0 Å². The molecule has 2 amide bonds. The molecule has 0 N–H and O–H groups in total. The van der Waals surface area contributed by atoms with Crippen LogP contribution in [0.5, 0.6) is 5.75 Å². The number of carbonyl (C=O) groups excluding carboxylic acids is 2. The van der Waals surface area contributed by atoms with Crippen LogP contribution in [0.3, 0.4) is 0 Å². The summed E-state index contributed by atoms with van der Waals surface area (Å²) in [4.78, 5) is 26.8. The summed E-state index contributed by atoms with van der Waals surface area (Å²) in [5.74, 6) is 1.34. The average Bonchev–Trinajstić information content (AvgIpc) is 3.39. The Morgan fingerprint density at radius 1 is 0.941 bits per heavy atom. The predicted molar refractivity (Wildman–Crippen MR) is 136 cm³/mol. The van der Waals surface area contributed by atoms with Crippen LogP contribution in [0.1, 0.15) is 5.76 Å². The molecule has 170 valence electrons. The minimum absolute atomic E-state index is 0.148. The summed E-state index contributed by atoms with van der Waals surface area (Å²) in [6.45, 7) is 0.343. The summed E-state index contributed by atoms with van der Waals surface area (Å²) in [6.07, 6.45) is 1.56. The lowest BCUT2D eigenvalue weighted by Gasteiger charge is -2.14. The fourth-order valence-corrected chi connectivity index (χ4v) is 5.04. The van der Waals surface area contributed by atoms with Crippen molar-refractivity contribution in [3.05, 3.63) is 93.5 Å². The Morgan fingerprint density at radius 3 is 2.53 bits per heavy atom. The van der Waals surface area contributed by atoms with Gasteiger partial charge in [-0.25, -0.2) is 0 Å². The number of hydrogen-bond acceptors (Lipinski definition) is 5. The summed E-state index contributed by atoms with van der Waals surface area (Å²) in [7, 11) is 0. The van der Waals surface area contributed by atoms with Crippen LogP contribution in [0.2, 0.25) is 10.0 Å². The van der Waals surface area contributed by atoms with Crippen molar-refractivity contribution in [1.82, 2.24) is 4.90 Å². The van der Waals surface area contributed by atoms with Gasteiger partial charge >= 0.3 is 0 Å².